The third-order valence-corrected chi connectivity index (χ3v) is 6.78. The van der Waals surface area contributed by atoms with Crippen molar-refractivity contribution in [2.45, 2.75) is 39.7 Å². The van der Waals surface area contributed by atoms with Gasteiger partial charge in [0.05, 0.1) is 12.3 Å². The molecule has 1 N–H and O–H groups in total. The van der Waals surface area contributed by atoms with E-state index in [-0.39, 0.29) is 5.91 Å². The zero-order valence-electron chi connectivity index (χ0n) is 20.5. The van der Waals surface area contributed by atoms with E-state index in [4.69, 9.17) is 4.74 Å². The van der Waals surface area contributed by atoms with Gasteiger partial charge in [-0.1, -0.05) is 49.4 Å². The summed E-state index contributed by atoms with van der Waals surface area (Å²) >= 11 is 0. The number of benzene rings is 3. The number of hydrogen-bond acceptors (Lipinski definition) is 2. The van der Waals surface area contributed by atoms with Crippen LogP contribution in [0.2, 0.25) is 0 Å². The lowest BCUT2D eigenvalue weighted by Gasteiger charge is -2.21. The molecule has 0 bridgehead atoms. The average molecular weight is 465 g/mol. The van der Waals surface area contributed by atoms with Gasteiger partial charge in [-0.25, -0.2) is 0 Å². The second kappa shape index (κ2) is 10.2. The number of carbonyl (C=O) groups excluding carboxylic acids is 1. The molecule has 35 heavy (non-hydrogen) atoms. The summed E-state index contributed by atoms with van der Waals surface area (Å²) in [7, 11) is 0. The van der Waals surface area contributed by atoms with Gasteiger partial charge in [-0.05, 0) is 91.3 Å². The number of ether oxygens (including phenoxy) is 1. The van der Waals surface area contributed by atoms with Crippen molar-refractivity contribution >= 4 is 5.91 Å². The van der Waals surface area contributed by atoms with Gasteiger partial charge in [0.15, 0.2) is 0 Å². The third kappa shape index (κ3) is 5.02. The molecule has 1 atom stereocenters. The van der Waals surface area contributed by atoms with Crippen LogP contribution >= 0.6 is 0 Å². The van der Waals surface area contributed by atoms with Crippen LogP contribution in [0.1, 0.15) is 47.4 Å². The van der Waals surface area contributed by atoms with Crippen LogP contribution < -0.4 is 10.1 Å². The van der Waals surface area contributed by atoms with E-state index >= 15 is 0 Å². The molecule has 5 rings (SSSR count). The Morgan fingerprint density at radius 3 is 2.46 bits per heavy atom. The van der Waals surface area contributed by atoms with Gasteiger partial charge in [-0.2, -0.15) is 0 Å². The van der Waals surface area contributed by atoms with Gasteiger partial charge in [0.2, 0.25) is 0 Å². The highest BCUT2D eigenvalue weighted by Crippen LogP contribution is 2.35. The van der Waals surface area contributed by atoms with Gasteiger partial charge in [0, 0.05) is 23.5 Å². The molecule has 0 fully saturated rings. The first kappa shape index (κ1) is 23.0. The summed E-state index contributed by atoms with van der Waals surface area (Å²) < 4.78 is 7.87. The van der Waals surface area contributed by atoms with E-state index in [1.54, 1.807) is 0 Å². The summed E-state index contributed by atoms with van der Waals surface area (Å²) in [6.07, 6.45) is 3.40. The van der Waals surface area contributed by atoms with Gasteiger partial charge < -0.3 is 14.6 Å². The fourth-order valence-electron chi connectivity index (χ4n) is 4.94. The number of carbonyl (C=O) groups is 1. The van der Waals surface area contributed by atoms with Crippen molar-refractivity contribution in [1.29, 1.82) is 0 Å². The Kier molecular flexibility index (Phi) is 6.71. The summed E-state index contributed by atoms with van der Waals surface area (Å²) in [4.78, 5) is 12.8. The smallest absolute Gasteiger partial charge is 0.251 e. The van der Waals surface area contributed by atoms with Gasteiger partial charge in [-0.3, -0.25) is 4.79 Å². The topological polar surface area (TPSA) is 43.3 Å². The molecular weight excluding hydrogens is 432 g/mol. The summed E-state index contributed by atoms with van der Waals surface area (Å²) in [6, 6.07) is 28.7. The Bertz CT molecular complexity index is 1290. The molecule has 4 nitrogen and oxygen atoms in total. The molecule has 1 aromatic heterocycles. The van der Waals surface area contributed by atoms with Gasteiger partial charge in [-0.15, -0.1) is 0 Å². The molecule has 0 saturated heterocycles. The first-order chi connectivity index (χ1) is 17.1. The van der Waals surface area contributed by atoms with Crippen LogP contribution in [0.15, 0.2) is 84.9 Å². The van der Waals surface area contributed by atoms with Crippen molar-refractivity contribution in [3.63, 3.8) is 0 Å². The van der Waals surface area contributed by atoms with Crippen molar-refractivity contribution in [3.05, 3.63) is 107 Å². The number of rotatable bonds is 7. The monoisotopic (exact) mass is 464 g/mol. The minimum Gasteiger partial charge on any atom is -0.494 e. The van der Waals surface area contributed by atoms with E-state index in [9.17, 15) is 4.79 Å². The zero-order chi connectivity index (χ0) is 24.2. The molecule has 1 aliphatic carbocycles. The van der Waals surface area contributed by atoms with Gasteiger partial charge in [0.1, 0.15) is 5.75 Å². The third-order valence-electron chi connectivity index (χ3n) is 6.78. The second-order valence-corrected chi connectivity index (χ2v) is 9.36. The SMILES string of the molecule is CCOc1ccc(CNC(=O)c2ccc(-n3c(-c4ccccc4)cc4c3CCC(C)C4)cc2)cc1. The van der Waals surface area contributed by atoms with Crippen molar-refractivity contribution in [1.82, 2.24) is 9.88 Å². The maximum absolute atomic E-state index is 12.8. The van der Waals surface area contributed by atoms with Crippen LogP contribution in [-0.2, 0) is 19.4 Å². The molecular formula is C31H32N2O2. The molecule has 0 radical (unpaired) electrons. The lowest BCUT2D eigenvalue weighted by Crippen LogP contribution is -2.22. The highest BCUT2D eigenvalue weighted by molar-refractivity contribution is 5.94. The predicted octanol–water partition coefficient (Wildman–Crippen LogP) is 6.60. The molecule has 1 unspecified atom stereocenters. The lowest BCUT2D eigenvalue weighted by atomic mass is 9.89. The molecule has 3 aromatic carbocycles. The summed E-state index contributed by atoms with van der Waals surface area (Å²) in [5.74, 6) is 1.48. The molecule has 0 spiro atoms. The number of nitrogens with zero attached hydrogens (tertiary/aromatic N) is 1. The molecule has 0 aliphatic heterocycles. The van der Waals surface area contributed by atoms with E-state index in [0.717, 1.165) is 29.8 Å². The average Bonchev–Trinajstić information content (AvgIpc) is 3.27. The van der Waals surface area contributed by atoms with Crippen molar-refractivity contribution in [3.8, 4) is 22.7 Å². The first-order valence-electron chi connectivity index (χ1n) is 12.5. The van der Waals surface area contributed by atoms with Crippen LogP contribution in [0, 0.1) is 5.92 Å². The summed E-state index contributed by atoms with van der Waals surface area (Å²) in [5, 5.41) is 3.03. The summed E-state index contributed by atoms with van der Waals surface area (Å²) in [6.45, 7) is 5.43. The molecule has 178 valence electrons. The maximum atomic E-state index is 12.8. The number of nitrogens with one attached hydrogen (secondary N) is 1. The predicted molar refractivity (Wildman–Crippen MR) is 141 cm³/mol. The molecule has 4 heteroatoms. The standard InChI is InChI=1S/C31H32N2O2/c1-3-35-28-16-10-23(11-17-28)21-32-31(34)25-12-14-27(15-13-25)33-29-18-9-22(2)19-26(29)20-30(33)24-7-5-4-6-8-24/h4-8,10-17,20,22H,3,9,18-19,21H2,1-2H3,(H,32,34). The van der Waals surface area contributed by atoms with Crippen LogP contribution in [0.5, 0.6) is 5.75 Å². The highest BCUT2D eigenvalue weighted by Gasteiger charge is 2.23. The highest BCUT2D eigenvalue weighted by atomic mass is 16.5. The Balaban J connectivity index is 1.36. The van der Waals surface area contributed by atoms with E-state index < -0.39 is 0 Å². The zero-order valence-corrected chi connectivity index (χ0v) is 20.5. The Labute approximate surface area is 207 Å². The number of hydrogen-bond donors (Lipinski definition) is 1. The minimum absolute atomic E-state index is 0.0722. The molecule has 1 amide bonds. The van der Waals surface area contributed by atoms with Crippen molar-refractivity contribution in [2.24, 2.45) is 5.92 Å². The fourth-order valence-corrected chi connectivity index (χ4v) is 4.94. The Morgan fingerprint density at radius 2 is 1.74 bits per heavy atom. The van der Waals surface area contributed by atoms with Crippen molar-refractivity contribution in [2.75, 3.05) is 6.61 Å². The number of aromatic nitrogens is 1. The van der Waals surface area contributed by atoms with E-state index in [0.29, 0.717) is 24.6 Å². The molecule has 1 aliphatic rings. The number of amides is 1. The first-order valence-corrected chi connectivity index (χ1v) is 12.5. The minimum atomic E-state index is -0.0722. The molecule has 1 heterocycles. The summed E-state index contributed by atoms with van der Waals surface area (Å²) in [5.41, 5.74) is 8.08. The quantitative estimate of drug-likeness (QED) is 0.335. The second-order valence-electron chi connectivity index (χ2n) is 9.36. The lowest BCUT2D eigenvalue weighted by molar-refractivity contribution is 0.0951. The van der Waals surface area contributed by atoms with E-state index in [1.165, 1.54) is 28.9 Å². The number of fused-ring (bicyclic) bond motifs is 1. The van der Waals surface area contributed by atoms with Crippen LogP contribution in [0.4, 0.5) is 0 Å². The normalized spacial score (nSPS) is 14.9. The molecule has 0 saturated carbocycles. The van der Waals surface area contributed by atoms with Crippen LogP contribution in [-0.4, -0.2) is 17.1 Å². The van der Waals surface area contributed by atoms with Crippen LogP contribution in [0.3, 0.4) is 0 Å². The van der Waals surface area contributed by atoms with Gasteiger partial charge >= 0.3 is 0 Å². The Morgan fingerprint density at radius 1 is 1.00 bits per heavy atom. The largest absolute Gasteiger partial charge is 0.494 e. The maximum Gasteiger partial charge on any atom is 0.251 e. The fraction of sp³-hybridized carbons (Fsp3) is 0.258. The van der Waals surface area contributed by atoms with Crippen LogP contribution in [0.25, 0.3) is 16.9 Å². The molecule has 4 aromatic rings. The van der Waals surface area contributed by atoms with Crippen molar-refractivity contribution < 1.29 is 9.53 Å². The van der Waals surface area contributed by atoms with E-state index in [2.05, 4.69) is 65.3 Å². The van der Waals surface area contributed by atoms with E-state index in [1.807, 2.05) is 43.3 Å². The van der Waals surface area contributed by atoms with Gasteiger partial charge in [0.25, 0.3) is 5.91 Å². The Hall–Kier alpha value is -3.79.